The molecule has 0 bridgehead atoms. The molecule has 156 valence electrons. The number of nitrogens with zero attached hydrogens (tertiary/aromatic N) is 1. The number of furan rings is 1. The number of ether oxygens (including phenoxy) is 1. The lowest BCUT2D eigenvalue weighted by Crippen LogP contribution is -2.19. The van der Waals surface area contributed by atoms with Crippen LogP contribution in [0, 0.1) is 0 Å². The van der Waals surface area contributed by atoms with Crippen molar-refractivity contribution in [2.75, 3.05) is 7.11 Å². The predicted molar refractivity (Wildman–Crippen MR) is 123 cm³/mol. The summed E-state index contributed by atoms with van der Waals surface area (Å²) in [5.74, 6) is 0.414. The summed E-state index contributed by atoms with van der Waals surface area (Å²) in [5, 5.41) is 3.80. The van der Waals surface area contributed by atoms with Gasteiger partial charge in [-0.25, -0.2) is 9.79 Å². The molecule has 1 amide bonds. The second-order valence-electron chi connectivity index (χ2n) is 6.33. The summed E-state index contributed by atoms with van der Waals surface area (Å²) >= 11 is 13.3. The van der Waals surface area contributed by atoms with Gasteiger partial charge in [0, 0.05) is 11.6 Å². The van der Waals surface area contributed by atoms with E-state index in [9.17, 15) is 9.59 Å². The molecule has 0 saturated carbocycles. The fourth-order valence-corrected chi connectivity index (χ4v) is 3.92. The highest BCUT2D eigenvalue weighted by atomic mass is 35.5. The van der Waals surface area contributed by atoms with Crippen LogP contribution in [0.5, 0.6) is 0 Å². The molecule has 0 spiro atoms. The summed E-state index contributed by atoms with van der Waals surface area (Å²) in [5.41, 5.74) is 1.71. The number of halogens is 2. The van der Waals surface area contributed by atoms with Crippen molar-refractivity contribution in [2.24, 2.45) is 4.99 Å². The molecule has 2 aromatic carbocycles. The first-order chi connectivity index (χ1) is 14.9. The first-order valence-corrected chi connectivity index (χ1v) is 10.5. The van der Waals surface area contributed by atoms with Crippen LogP contribution >= 0.6 is 35.0 Å². The average Bonchev–Trinajstić information content (AvgIpc) is 3.38. The highest BCUT2D eigenvalue weighted by Gasteiger charge is 2.24. The number of nitrogens with one attached hydrogen (secondary N) is 1. The van der Waals surface area contributed by atoms with E-state index in [0.29, 0.717) is 42.9 Å². The van der Waals surface area contributed by atoms with Crippen LogP contribution in [0.15, 0.2) is 68.9 Å². The van der Waals surface area contributed by atoms with Gasteiger partial charge in [0.2, 0.25) is 0 Å². The van der Waals surface area contributed by atoms with E-state index < -0.39 is 5.97 Å². The predicted octanol–water partition coefficient (Wildman–Crippen LogP) is 5.93. The zero-order valence-corrected chi connectivity index (χ0v) is 18.3. The topological polar surface area (TPSA) is 80.9 Å². The van der Waals surface area contributed by atoms with Crippen molar-refractivity contribution in [3.8, 4) is 11.3 Å². The summed E-state index contributed by atoms with van der Waals surface area (Å²) < 4.78 is 10.5. The molecule has 2 heterocycles. The molecule has 1 saturated heterocycles. The minimum Gasteiger partial charge on any atom is -0.465 e. The van der Waals surface area contributed by atoms with Gasteiger partial charge in [0.05, 0.1) is 33.3 Å². The lowest BCUT2D eigenvalue weighted by Gasteiger charge is -2.01. The van der Waals surface area contributed by atoms with E-state index in [1.165, 1.54) is 18.9 Å². The van der Waals surface area contributed by atoms with Crippen LogP contribution in [0.1, 0.15) is 16.1 Å². The van der Waals surface area contributed by atoms with Crippen LogP contribution < -0.4 is 5.32 Å². The zero-order chi connectivity index (χ0) is 22.0. The molecule has 1 N–H and O–H groups in total. The van der Waals surface area contributed by atoms with Gasteiger partial charge in [0.1, 0.15) is 11.5 Å². The highest BCUT2D eigenvalue weighted by Crippen LogP contribution is 2.35. The Hall–Kier alpha value is -3.00. The Morgan fingerprint density at radius 3 is 2.65 bits per heavy atom. The molecule has 0 aliphatic carbocycles. The number of amidine groups is 1. The number of rotatable bonds is 4. The molecule has 3 aromatic rings. The minimum absolute atomic E-state index is 0.290. The molecule has 4 rings (SSSR count). The molecule has 1 aromatic heterocycles. The van der Waals surface area contributed by atoms with Crippen LogP contribution in [-0.2, 0) is 9.53 Å². The number of thioether (sulfide) groups is 1. The summed E-state index contributed by atoms with van der Waals surface area (Å²) in [6.45, 7) is 0. The fraction of sp³-hybridized carbons (Fsp3) is 0.0455. The lowest BCUT2D eigenvalue weighted by atomic mass is 10.1. The molecule has 0 radical (unpaired) electrons. The molecule has 1 aliphatic rings. The Kier molecular flexibility index (Phi) is 6.18. The largest absolute Gasteiger partial charge is 0.465 e. The standard InChI is InChI=1S/C22H14Cl2N2O4S/c1-29-21(28)13-7-5-12(6-8-13)17-10-9-14(30-17)11-18-20(27)26-22(31-18)25-16-4-2-3-15(23)19(16)24/h2-11H,1H3,(H,25,26,27)/b18-11+. The van der Waals surface area contributed by atoms with Gasteiger partial charge in [-0.05, 0) is 48.2 Å². The monoisotopic (exact) mass is 472 g/mol. The van der Waals surface area contributed by atoms with Crippen molar-refractivity contribution in [1.29, 1.82) is 0 Å². The van der Waals surface area contributed by atoms with Crippen LogP contribution in [0.4, 0.5) is 5.69 Å². The molecule has 9 heteroatoms. The van der Waals surface area contributed by atoms with Crippen LogP contribution in [0.3, 0.4) is 0 Å². The van der Waals surface area contributed by atoms with Crippen LogP contribution in [0.25, 0.3) is 17.4 Å². The van der Waals surface area contributed by atoms with Crippen LogP contribution in [0.2, 0.25) is 10.0 Å². The first kappa shape index (κ1) is 21.2. The Balaban J connectivity index is 1.53. The summed E-state index contributed by atoms with van der Waals surface area (Å²) in [4.78, 5) is 28.7. The zero-order valence-electron chi connectivity index (χ0n) is 16.0. The fourth-order valence-electron chi connectivity index (χ4n) is 2.77. The third-order valence-electron chi connectivity index (χ3n) is 4.29. The van der Waals surface area contributed by atoms with Crippen molar-refractivity contribution in [1.82, 2.24) is 5.32 Å². The highest BCUT2D eigenvalue weighted by molar-refractivity contribution is 8.18. The van der Waals surface area contributed by atoms with Gasteiger partial charge in [-0.15, -0.1) is 0 Å². The molecule has 0 atom stereocenters. The summed E-state index contributed by atoms with van der Waals surface area (Å²) in [6, 6.07) is 15.5. The van der Waals surface area contributed by atoms with E-state index in [-0.39, 0.29) is 5.91 Å². The van der Waals surface area contributed by atoms with E-state index in [2.05, 4.69) is 10.3 Å². The van der Waals surface area contributed by atoms with Gasteiger partial charge in [-0.2, -0.15) is 0 Å². The van der Waals surface area contributed by atoms with Gasteiger partial charge < -0.3 is 14.5 Å². The van der Waals surface area contributed by atoms with Crippen molar-refractivity contribution in [2.45, 2.75) is 0 Å². The maximum atomic E-state index is 12.3. The second kappa shape index (κ2) is 9.01. The summed E-state index contributed by atoms with van der Waals surface area (Å²) in [7, 11) is 1.33. The normalized spacial score (nSPS) is 16.0. The third kappa shape index (κ3) is 4.69. The number of amides is 1. The molecule has 1 fully saturated rings. The third-order valence-corrected chi connectivity index (χ3v) is 6.01. The molecular weight excluding hydrogens is 459 g/mol. The first-order valence-electron chi connectivity index (χ1n) is 8.97. The van der Waals surface area contributed by atoms with Gasteiger partial charge in [-0.1, -0.05) is 41.4 Å². The Morgan fingerprint density at radius 1 is 1.13 bits per heavy atom. The maximum Gasteiger partial charge on any atom is 0.337 e. The molecule has 6 nitrogen and oxygen atoms in total. The van der Waals surface area contributed by atoms with Gasteiger partial charge in [0.15, 0.2) is 5.17 Å². The van der Waals surface area contributed by atoms with Crippen molar-refractivity contribution >= 4 is 63.8 Å². The SMILES string of the molecule is COC(=O)c1ccc(-c2ccc(/C=C3/SC(=Nc4cccc(Cl)c4Cl)NC3=O)o2)cc1. The molecule has 0 unspecified atom stereocenters. The Labute approximate surface area is 191 Å². The molecule has 31 heavy (non-hydrogen) atoms. The van der Waals surface area contributed by atoms with Crippen molar-refractivity contribution in [3.05, 3.63) is 80.9 Å². The number of carbonyl (C=O) groups is 2. The van der Waals surface area contributed by atoms with Crippen LogP contribution in [-0.4, -0.2) is 24.2 Å². The number of hydrogen-bond donors (Lipinski definition) is 1. The number of carbonyl (C=O) groups excluding carboxylic acids is 2. The van der Waals surface area contributed by atoms with E-state index in [4.69, 9.17) is 32.4 Å². The number of methoxy groups -OCH3 is 1. The smallest absolute Gasteiger partial charge is 0.337 e. The van der Waals surface area contributed by atoms with Gasteiger partial charge in [-0.3, -0.25) is 4.79 Å². The number of esters is 1. The number of aliphatic imine (C=N–C) groups is 1. The minimum atomic E-state index is -0.405. The number of benzene rings is 2. The Bertz CT molecular complexity index is 1230. The van der Waals surface area contributed by atoms with E-state index in [1.807, 2.05) is 0 Å². The van der Waals surface area contributed by atoms with Crippen molar-refractivity contribution < 1.29 is 18.7 Å². The molecular formula is C22H14Cl2N2O4S. The average molecular weight is 473 g/mol. The van der Waals surface area contributed by atoms with E-state index >= 15 is 0 Å². The summed E-state index contributed by atoms with van der Waals surface area (Å²) in [6.07, 6.45) is 1.63. The Morgan fingerprint density at radius 2 is 1.90 bits per heavy atom. The van der Waals surface area contributed by atoms with E-state index in [1.54, 1.807) is 60.7 Å². The second-order valence-corrected chi connectivity index (χ2v) is 8.14. The lowest BCUT2D eigenvalue weighted by molar-refractivity contribution is -0.115. The van der Waals surface area contributed by atoms with Gasteiger partial charge in [0.25, 0.3) is 5.91 Å². The number of hydrogen-bond acceptors (Lipinski definition) is 6. The van der Waals surface area contributed by atoms with Crippen molar-refractivity contribution in [3.63, 3.8) is 0 Å². The quantitative estimate of drug-likeness (QED) is 0.375. The molecule has 1 aliphatic heterocycles. The van der Waals surface area contributed by atoms with E-state index in [0.717, 1.165) is 5.56 Å². The maximum absolute atomic E-state index is 12.3. The van der Waals surface area contributed by atoms with Gasteiger partial charge >= 0.3 is 5.97 Å².